The second kappa shape index (κ2) is 11.4. The lowest BCUT2D eigenvalue weighted by Crippen LogP contribution is -2.14. The molecule has 0 atom stereocenters. The van der Waals surface area contributed by atoms with Gasteiger partial charge in [-0.1, -0.05) is 60.3 Å². The molecule has 0 fully saturated rings. The molecule has 0 bridgehead atoms. The maximum absolute atomic E-state index is 12.7. The molecule has 1 N–H and O–H groups in total. The normalized spacial score (nSPS) is 11.4. The summed E-state index contributed by atoms with van der Waals surface area (Å²) in [6.07, 6.45) is 1.96. The Hall–Kier alpha value is -4.40. The number of nitrogens with one attached hydrogen (secondary N) is 1. The highest BCUT2D eigenvalue weighted by Crippen LogP contribution is 2.34. The summed E-state index contributed by atoms with van der Waals surface area (Å²) in [5, 5.41) is 7.63. The quantitative estimate of drug-likeness (QED) is 0.115. The molecule has 0 saturated heterocycles. The molecule has 6 rings (SSSR count). The molecule has 0 spiro atoms. The van der Waals surface area contributed by atoms with Gasteiger partial charge >= 0.3 is 0 Å². The molecule has 8 heteroatoms. The lowest BCUT2D eigenvalue weighted by molar-refractivity contribution is -0.113. The average Bonchev–Trinajstić information content (AvgIpc) is 3.40. The van der Waals surface area contributed by atoms with Crippen LogP contribution in [0.1, 0.15) is 5.56 Å². The number of nitrogens with zero attached hydrogens (tertiary/aromatic N) is 2. The topological polar surface area (TPSA) is 72.8 Å². The Kier molecular flexibility index (Phi) is 7.35. The van der Waals surface area contributed by atoms with Crippen LogP contribution < -0.4 is 14.8 Å². The van der Waals surface area contributed by atoms with Gasteiger partial charge in [-0.3, -0.25) is 9.79 Å². The predicted octanol–water partition coefficient (Wildman–Crippen LogP) is 8.10. The van der Waals surface area contributed by atoms with E-state index in [1.807, 2.05) is 24.4 Å². The van der Waals surface area contributed by atoms with E-state index in [1.165, 1.54) is 33.3 Å². The fraction of sp³-hybridized carbons (Fsp3) is 0.0938. The second-order valence-electron chi connectivity index (χ2n) is 9.03. The molecular weight excluding hydrogens is 539 g/mol. The minimum absolute atomic E-state index is 0.150. The van der Waals surface area contributed by atoms with Gasteiger partial charge in [0.1, 0.15) is 11.5 Å². The number of carbonyl (C=O) groups is 1. The number of hydrogen-bond acceptors (Lipinski definition) is 7. The lowest BCUT2D eigenvalue weighted by Gasteiger charge is -2.11. The van der Waals surface area contributed by atoms with Crippen LogP contribution in [0.25, 0.3) is 31.8 Å². The van der Waals surface area contributed by atoms with Gasteiger partial charge in [0.05, 0.1) is 41.6 Å². The van der Waals surface area contributed by atoms with E-state index in [0.29, 0.717) is 17.2 Å². The molecular formula is C32H25N3O3S2. The van der Waals surface area contributed by atoms with Gasteiger partial charge in [-0.2, -0.15) is 0 Å². The van der Waals surface area contributed by atoms with E-state index in [1.54, 1.807) is 43.8 Å². The molecule has 1 aromatic heterocycles. The van der Waals surface area contributed by atoms with Crippen molar-refractivity contribution in [3.8, 4) is 11.5 Å². The number of hydrogen-bond donors (Lipinski definition) is 1. The van der Waals surface area contributed by atoms with Crippen LogP contribution in [0.4, 0.5) is 11.4 Å². The lowest BCUT2D eigenvalue weighted by atomic mass is 9.97. The molecule has 198 valence electrons. The van der Waals surface area contributed by atoms with E-state index < -0.39 is 0 Å². The average molecular weight is 564 g/mol. The van der Waals surface area contributed by atoms with Gasteiger partial charge in [-0.05, 0) is 57.9 Å². The van der Waals surface area contributed by atoms with Gasteiger partial charge in [0.25, 0.3) is 0 Å². The number of rotatable bonds is 8. The van der Waals surface area contributed by atoms with Crippen molar-refractivity contribution in [1.29, 1.82) is 0 Å². The van der Waals surface area contributed by atoms with Crippen LogP contribution in [0.2, 0.25) is 0 Å². The number of anilines is 1. The summed E-state index contributed by atoms with van der Waals surface area (Å²) in [5.74, 6) is 1.29. The Bertz CT molecular complexity index is 1840. The molecule has 6 nitrogen and oxygen atoms in total. The molecule has 1 amide bonds. The number of ether oxygens (including phenoxy) is 2. The van der Waals surface area contributed by atoms with Gasteiger partial charge in [0.2, 0.25) is 5.91 Å². The van der Waals surface area contributed by atoms with E-state index >= 15 is 0 Å². The zero-order chi connectivity index (χ0) is 27.5. The molecule has 0 aliphatic carbocycles. The summed E-state index contributed by atoms with van der Waals surface area (Å²) >= 11 is 2.95. The van der Waals surface area contributed by atoms with E-state index in [2.05, 4.69) is 59.9 Å². The van der Waals surface area contributed by atoms with Gasteiger partial charge in [0, 0.05) is 17.8 Å². The standard InChI is InChI=1S/C32H25N3O3S2/c1-37-23-12-14-29(38-2)28(17-23)34-31(36)19-39-32-35-27-13-11-22(16-30(27)40-32)33-18-26-24-9-5-3-7-20(24)15-21-8-4-6-10-25(21)26/h3-18H,19H2,1-2H3,(H,34,36). The van der Waals surface area contributed by atoms with Crippen molar-refractivity contribution in [2.45, 2.75) is 4.34 Å². The number of fused-ring (bicyclic) bond motifs is 3. The fourth-order valence-electron chi connectivity index (χ4n) is 4.59. The SMILES string of the molecule is COc1ccc(OC)c(NC(=O)CSc2nc3ccc(N=Cc4c5ccccc5cc5ccccc45)cc3s2)c1. The summed E-state index contributed by atoms with van der Waals surface area (Å²) in [4.78, 5) is 22.2. The van der Waals surface area contributed by atoms with Crippen molar-refractivity contribution >= 4 is 78.4 Å². The minimum atomic E-state index is -0.150. The van der Waals surface area contributed by atoms with Crippen LogP contribution in [-0.2, 0) is 4.79 Å². The fourth-order valence-corrected chi connectivity index (χ4v) is 6.49. The van der Waals surface area contributed by atoms with E-state index in [0.717, 1.165) is 25.8 Å². The first kappa shape index (κ1) is 25.9. The van der Waals surface area contributed by atoms with E-state index in [9.17, 15) is 4.79 Å². The summed E-state index contributed by atoms with van der Waals surface area (Å²) in [6, 6.07) is 30.3. The molecule has 5 aromatic carbocycles. The predicted molar refractivity (Wildman–Crippen MR) is 167 cm³/mol. The number of methoxy groups -OCH3 is 2. The smallest absolute Gasteiger partial charge is 0.234 e. The van der Waals surface area contributed by atoms with Crippen molar-refractivity contribution in [2.75, 3.05) is 25.3 Å². The number of aliphatic imine (C=N–C) groups is 1. The van der Waals surface area contributed by atoms with Crippen LogP contribution >= 0.6 is 23.1 Å². The van der Waals surface area contributed by atoms with Gasteiger partial charge < -0.3 is 14.8 Å². The molecule has 6 aromatic rings. The largest absolute Gasteiger partial charge is 0.497 e. The Morgan fingerprint density at radius 3 is 2.40 bits per heavy atom. The van der Waals surface area contributed by atoms with Crippen LogP contribution in [0, 0.1) is 0 Å². The Morgan fingerprint density at radius 2 is 1.68 bits per heavy atom. The van der Waals surface area contributed by atoms with Crippen molar-refractivity contribution in [2.24, 2.45) is 4.99 Å². The molecule has 0 unspecified atom stereocenters. The minimum Gasteiger partial charge on any atom is -0.497 e. The first-order chi connectivity index (χ1) is 19.6. The zero-order valence-electron chi connectivity index (χ0n) is 21.9. The number of carbonyl (C=O) groups excluding carboxylic acids is 1. The molecule has 1 heterocycles. The van der Waals surface area contributed by atoms with Crippen LogP contribution in [0.3, 0.4) is 0 Å². The van der Waals surface area contributed by atoms with Crippen LogP contribution in [0.5, 0.6) is 11.5 Å². The van der Waals surface area contributed by atoms with Crippen molar-refractivity contribution in [3.63, 3.8) is 0 Å². The molecule has 0 aliphatic heterocycles. The first-order valence-corrected chi connectivity index (χ1v) is 14.4. The Morgan fingerprint density at radius 1 is 0.925 bits per heavy atom. The van der Waals surface area contributed by atoms with Crippen LogP contribution in [0.15, 0.2) is 100 Å². The summed E-state index contributed by atoms with van der Waals surface area (Å²) in [6.45, 7) is 0. The maximum atomic E-state index is 12.7. The number of benzene rings is 5. The second-order valence-corrected chi connectivity index (χ2v) is 11.3. The summed E-state index contributed by atoms with van der Waals surface area (Å²) < 4.78 is 12.5. The third-order valence-corrected chi connectivity index (χ3v) is 8.68. The number of thioether (sulfide) groups is 1. The highest BCUT2D eigenvalue weighted by Gasteiger charge is 2.12. The van der Waals surface area contributed by atoms with Gasteiger partial charge in [-0.25, -0.2) is 4.98 Å². The molecule has 0 radical (unpaired) electrons. The maximum Gasteiger partial charge on any atom is 0.234 e. The number of aromatic nitrogens is 1. The van der Waals surface area contributed by atoms with Crippen molar-refractivity contribution in [1.82, 2.24) is 4.98 Å². The molecule has 0 saturated carbocycles. The highest BCUT2D eigenvalue weighted by molar-refractivity contribution is 8.01. The highest BCUT2D eigenvalue weighted by atomic mass is 32.2. The molecule has 0 aliphatic rings. The third-order valence-electron chi connectivity index (χ3n) is 6.52. The van der Waals surface area contributed by atoms with Crippen molar-refractivity contribution < 1.29 is 14.3 Å². The first-order valence-electron chi connectivity index (χ1n) is 12.6. The molecule has 40 heavy (non-hydrogen) atoms. The van der Waals surface area contributed by atoms with E-state index in [4.69, 9.17) is 19.5 Å². The van der Waals surface area contributed by atoms with Crippen molar-refractivity contribution in [3.05, 3.63) is 96.6 Å². The zero-order valence-corrected chi connectivity index (χ0v) is 23.5. The van der Waals surface area contributed by atoms with Crippen LogP contribution in [-0.4, -0.2) is 37.1 Å². The van der Waals surface area contributed by atoms with Gasteiger partial charge in [-0.15, -0.1) is 11.3 Å². The number of thiazole rings is 1. The summed E-state index contributed by atoms with van der Waals surface area (Å²) in [7, 11) is 3.15. The third kappa shape index (κ3) is 5.36. The van der Waals surface area contributed by atoms with Gasteiger partial charge in [0.15, 0.2) is 4.34 Å². The Balaban J connectivity index is 1.20. The monoisotopic (exact) mass is 563 g/mol. The van der Waals surface area contributed by atoms with E-state index in [-0.39, 0.29) is 11.7 Å². The number of amides is 1. The summed E-state index contributed by atoms with van der Waals surface area (Å²) in [5.41, 5.74) is 3.41. The Labute approximate surface area is 239 Å².